The van der Waals surface area contributed by atoms with E-state index in [0.717, 1.165) is 31.6 Å². The Morgan fingerprint density at radius 1 is 1.06 bits per heavy atom. The van der Waals surface area contributed by atoms with Gasteiger partial charge in [0.2, 0.25) is 0 Å². The monoisotopic (exact) mass is 439 g/mol. The number of carbonyl (C=O) groups excluding carboxylic acids is 2. The molecule has 2 aromatic carbocycles. The van der Waals surface area contributed by atoms with Crippen LogP contribution in [-0.4, -0.2) is 54.5 Å². The van der Waals surface area contributed by atoms with Gasteiger partial charge in [-0.2, -0.15) is 0 Å². The smallest absolute Gasteiger partial charge is 0.317 e. The van der Waals surface area contributed by atoms with Gasteiger partial charge in [-0.05, 0) is 43.7 Å². The number of rotatable bonds is 7. The zero-order valence-corrected chi connectivity index (χ0v) is 18.5. The fourth-order valence-corrected chi connectivity index (χ4v) is 3.56. The van der Waals surface area contributed by atoms with Gasteiger partial charge in [-0.3, -0.25) is 14.9 Å². The first kappa shape index (κ1) is 23.1. The molecule has 2 aromatic rings. The van der Waals surface area contributed by atoms with Crippen molar-refractivity contribution in [1.29, 1.82) is 0 Å². The molecule has 170 valence electrons. The second kappa shape index (κ2) is 10.6. The van der Waals surface area contributed by atoms with Crippen molar-refractivity contribution < 1.29 is 14.5 Å². The Morgan fingerprint density at radius 2 is 1.75 bits per heavy atom. The Labute approximate surface area is 187 Å². The summed E-state index contributed by atoms with van der Waals surface area (Å²) >= 11 is 0. The Morgan fingerprint density at radius 3 is 2.38 bits per heavy atom. The molecule has 32 heavy (non-hydrogen) atoms. The van der Waals surface area contributed by atoms with E-state index in [1.165, 1.54) is 6.07 Å². The molecule has 1 aliphatic heterocycles. The van der Waals surface area contributed by atoms with Crippen LogP contribution in [0.2, 0.25) is 0 Å². The molecular formula is C23H29N5O4. The molecule has 0 bridgehead atoms. The molecule has 2 N–H and O–H groups in total. The molecule has 0 aromatic heterocycles. The third-order valence-corrected chi connectivity index (χ3v) is 5.53. The summed E-state index contributed by atoms with van der Waals surface area (Å²) < 4.78 is 0. The molecule has 9 nitrogen and oxygen atoms in total. The van der Waals surface area contributed by atoms with Gasteiger partial charge in [0.15, 0.2) is 0 Å². The average molecular weight is 440 g/mol. The van der Waals surface area contributed by atoms with Crippen LogP contribution in [-0.2, 0) is 0 Å². The minimum atomic E-state index is -0.491. The van der Waals surface area contributed by atoms with Gasteiger partial charge in [0.25, 0.3) is 11.6 Å². The first-order chi connectivity index (χ1) is 15.4. The summed E-state index contributed by atoms with van der Waals surface area (Å²) in [7, 11) is 0. The molecule has 3 rings (SSSR count). The van der Waals surface area contributed by atoms with Crippen LogP contribution in [0.3, 0.4) is 0 Å². The molecule has 1 aliphatic rings. The highest BCUT2D eigenvalue weighted by Gasteiger charge is 2.21. The van der Waals surface area contributed by atoms with Crippen molar-refractivity contribution in [3.63, 3.8) is 0 Å². The Hall–Kier alpha value is -3.62. The van der Waals surface area contributed by atoms with Gasteiger partial charge in [-0.25, -0.2) is 4.79 Å². The average Bonchev–Trinajstić information content (AvgIpc) is 2.80. The van der Waals surface area contributed by atoms with Crippen molar-refractivity contribution in [2.45, 2.75) is 26.7 Å². The van der Waals surface area contributed by atoms with Crippen molar-refractivity contribution in [2.24, 2.45) is 0 Å². The molecule has 0 saturated carbocycles. The van der Waals surface area contributed by atoms with E-state index in [0.29, 0.717) is 30.9 Å². The number of benzene rings is 2. The lowest BCUT2D eigenvalue weighted by atomic mass is 10.1. The lowest BCUT2D eigenvalue weighted by molar-refractivity contribution is -0.385. The highest BCUT2D eigenvalue weighted by molar-refractivity contribution is 6.04. The lowest BCUT2D eigenvalue weighted by Gasteiger charge is -2.36. The lowest BCUT2D eigenvalue weighted by Crippen LogP contribution is -2.52. The summed E-state index contributed by atoms with van der Waals surface area (Å²) in [5, 5.41) is 16.8. The summed E-state index contributed by atoms with van der Waals surface area (Å²) in [6.45, 7) is 7.22. The fraction of sp³-hybridized carbons (Fsp3) is 0.391. The highest BCUT2D eigenvalue weighted by atomic mass is 16.6. The van der Waals surface area contributed by atoms with E-state index >= 15 is 0 Å². The van der Waals surface area contributed by atoms with E-state index in [9.17, 15) is 19.7 Å². The molecule has 0 spiro atoms. The van der Waals surface area contributed by atoms with Crippen molar-refractivity contribution in [3.8, 4) is 0 Å². The zero-order valence-electron chi connectivity index (χ0n) is 18.5. The van der Waals surface area contributed by atoms with E-state index in [1.807, 2.05) is 17.0 Å². The fourth-order valence-electron chi connectivity index (χ4n) is 3.56. The van der Waals surface area contributed by atoms with Crippen LogP contribution in [0.15, 0.2) is 42.5 Å². The number of hydrogen-bond donors (Lipinski definition) is 2. The zero-order chi connectivity index (χ0) is 23.1. The van der Waals surface area contributed by atoms with Crippen molar-refractivity contribution in [3.05, 3.63) is 63.7 Å². The summed E-state index contributed by atoms with van der Waals surface area (Å²) in [4.78, 5) is 39.3. The number of anilines is 2. The largest absolute Gasteiger partial charge is 0.368 e. The summed E-state index contributed by atoms with van der Waals surface area (Å²) in [6.07, 6.45) is 2.03. The number of piperazine rings is 1. The van der Waals surface area contributed by atoms with E-state index < -0.39 is 10.8 Å². The summed E-state index contributed by atoms with van der Waals surface area (Å²) in [6, 6.07) is 11.9. The molecular weight excluding hydrogens is 410 g/mol. The van der Waals surface area contributed by atoms with Crippen LogP contribution in [0.25, 0.3) is 0 Å². The van der Waals surface area contributed by atoms with Gasteiger partial charge in [0, 0.05) is 61.3 Å². The molecule has 1 heterocycles. The van der Waals surface area contributed by atoms with Crippen LogP contribution in [0, 0.1) is 17.0 Å². The molecule has 1 fully saturated rings. The first-order valence-electron chi connectivity index (χ1n) is 10.8. The van der Waals surface area contributed by atoms with Crippen LogP contribution in [0.4, 0.5) is 21.9 Å². The normalized spacial score (nSPS) is 13.6. The van der Waals surface area contributed by atoms with E-state index in [1.54, 1.807) is 31.2 Å². The van der Waals surface area contributed by atoms with Crippen molar-refractivity contribution >= 4 is 29.0 Å². The molecule has 0 aliphatic carbocycles. The van der Waals surface area contributed by atoms with Gasteiger partial charge >= 0.3 is 6.03 Å². The summed E-state index contributed by atoms with van der Waals surface area (Å²) in [5.41, 5.74) is 2.29. The molecule has 0 unspecified atom stereocenters. The first-order valence-corrected chi connectivity index (χ1v) is 10.8. The Bertz CT molecular complexity index is 969. The third kappa shape index (κ3) is 5.75. The van der Waals surface area contributed by atoms with Gasteiger partial charge in [0.05, 0.1) is 4.92 Å². The van der Waals surface area contributed by atoms with Crippen molar-refractivity contribution in [1.82, 2.24) is 10.2 Å². The molecule has 3 amide bonds. The number of unbranched alkanes of at least 4 members (excludes halogenated alkanes) is 1. The molecule has 0 atom stereocenters. The van der Waals surface area contributed by atoms with Crippen LogP contribution < -0.4 is 15.5 Å². The minimum absolute atomic E-state index is 0.00694. The number of carbonyl (C=O) groups is 2. The second-order valence-corrected chi connectivity index (χ2v) is 7.82. The second-order valence-electron chi connectivity index (χ2n) is 7.82. The van der Waals surface area contributed by atoms with Gasteiger partial charge in [-0.1, -0.05) is 19.4 Å². The Kier molecular flexibility index (Phi) is 7.64. The quantitative estimate of drug-likeness (QED) is 0.388. The maximum atomic E-state index is 12.5. The predicted molar refractivity (Wildman–Crippen MR) is 124 cm³/mol. The highest BCUT2D eigenvalue weighted by Crippen LogP contribution is 2.22. The maximum Gasteiger partial charge on any atom is 0.317 e. The molecule has 1 saturated heterocycles. The SMILES string of the molecule is CCCCNC(=O)N1CCN(c2ccc(NC(=O)c3ccc(C)c([N+](=O)[O-])c3)cc2)CC1. The van der Waals surface area contributed by atoms with E-state index in [2.05, 4.69) is 22.5 Å². The Balaban J connectivity index is 1.54. The predicted octanol–water partition coefficient (Wildman–Crippen LogP) is 3.79. The van der Waals surface area contributed by atoms with Crippen LogP contribution in [0.5, 0.6) is 0 Å². The molecule has 9 heteroatoms. The number of nitro groups is 1. The third-order valence-electron chi connectivity index (χ3n) is 5.53. The van der Waals surface area contributed by atoms with E-state index in [-0.39, 0.29) is 17.3 Å². The number of nitro benzene ring substituents is 1. The van der Waals surface area contributed by atoms with Gasteiger partial charge in [0.1, 0.15) is 0 Å². The van der Waals surface area contributed by atoms with Crippen LogP contribution in [0.1, 0.15) is 35.7 Å². The number of hydrogen-bond acceptors (Lipinski definition) is 5. The van der Waals surface area contributed by atoms with Gasteiger partial charge in [-0.15, -0.1) is 0 Å². The maximum absolute atomic E-state index is 12.5. The van der Waals surface area contributed by atoms with Gasteiger partial charge < -0.3 is 20.4 Å². The number of urea groups is 1. The number of amides is 3. The van der Waals surface area contributed by atoms with Crippen molar-refractivity contribution in [2.75, 3.05) is 42.9 Å². The topological polar surface area (TPSA) is 108 Å². The number of nitrogens with zero attached hydrogens (tertiary/aromatic N) is 3. The minimum Gasteiger partial charge on any atom is -0.368 e. The van der Waals surface area contributed by atoms with E-state index in [4.69, 9.17) is 0 Å². The number of nitrogens with one attached hydrogen (secondary N) is 2. The van der Waals surface area contributed by atoms with Crippen LogP contribution >= 0.6 is 0 Å². The standard InChI is InChI=1S/C23H29N5O4/c1-3-4-11-24-23(30)27-14-12-26(13-15-27)20-9-7-19(8-10-20)25-22(29)18-6-5-17(2)21(16-18)28(31)32/h5-10,16H,3-4,11-15H2,1-2H3,(H,24,30)(H,25,29). The molecule has 0 radical (unpaired) electrons. The summed E-state index contributed by atoms with van der Waals surface area (Å²) in [5.74, 6) is -0.399. The number of aryl methyl sites for hydroxylation is 1.